The minimum Gasteiger partial charge on any atom is -0.271 e. The minimum atomic E-state index is -0.580. The van der Waals surface area contributed by atoms with E-state index in [1.807, 2.05) is 13.8 Å². The fraction of sp³-hybridized carbons (Fsp3) is 0.308. The van der Waals surface area contributed by atoms with Crippen molar-refractivity contribution in [2.24, 2.45) is 5.84 Å². The van der Waals surface area contributed by atoms with Crippen molar-refractivity contribution in [1.29, 1.82) is 0 Å². The van der Waals surface area contributed by atoms with Crippen LogP contribution in [0.1, 0.15) is 27.2 Å². The molecule has 0 aliphatic heterocycles. The molecule has 6 heteroatoms. The van der Waals surface area contributed by atoms with Gasteiger partial charge in [-0.3, -0.25) is 11.3 Å². The van der Waals surface area contributed by atoms with Gasteiger partial charge in [-0.15, -0.1) is 11.3 Å². The van der Waals surface area contributed by atoms with E-state index in [0.717, 1.165) is 21.6 Å². The lowest BCUT2D eigenvalue weighted by atomic mass is 10.0. The summed E-state index contributed by atoms with van der Waals surface area (Å²) in [5.74, 6) is 4.41. The number of benzene rings is 1. The van der Waals surface area contributed by atoms with Gasteiger partial charge in [-0.2, -0.15) is 0 Å². The van der Waals surface area contributed by atoms with Crippen LogP contribution in [0.5, 0.6) is 0 Å². The lowest BCUT2D eigenvalue weighted by Crippen LogP contribution is -2.29. The molecule has 1 atom stereocenters. The van der Waals surface area contributed by atoms with Crippen molar-refractivity contribution in [3.05, 3.63) is 51.0 Å². The number of hydrogen-bond donors (Lipinski definition) is 2. The third-order valence-corrected chi connectivity index (χ3v) is 4.08. The molecule has 0 aliphatic carbocycles. The van der Waals surface area contributed by atoms with Crippen molar-refractivity contribution in [2.75, 3.05) is 0 Å². The minimum absolute atomic E-state index is 0.230. The summed E-state index contributed by atoms with van der Waals surface area (Å²) in [6.07, 6.45) is 0.352. The fourth-order valence-electron chi connectivity index (χ4n) is 2.00. The molecule has 0 fully saturated rings. The zero-order valence-corrected chi connectivity index (χ0v) is 11.5. The molecule has 102 valence electrons. The lowest BCUT2D eigenvalue weighted by Gasteiger charge is -2.15. The number of aryl methyl sites for hydroxylation is 2. The van der Waals surface area contributed by atoms with Gasteiger partial charge in [0.05, 0.1) is 16.7 Å². The first-order valence-corrected chi connectivity index (χ1v) is 6.67. The molecule has 3 nitrogen and oxygen atoms in total. The summed E-state index contributed by atoms with van der Waals surface area (Å²) in [4.78, 5) is 5.30. The Kier molecular flexibility index (Phi) is 4.24. The molecule has 3 N–H and O–H groups in total. The van der Waals surface area contributed by atoms with Crippen LogP contribution >= 0.6 is 11.3 Å². The van der Waals surface area contributed by atoms with Crippen LogP contribution in [0.2, 0.25) is 0 Å². The highest BCUT2D eigenvalue weighted by Gasteiger charge is 2.18. The Balaban J connectivity index is 2.26. The lowest BCUT2D eigenvalue weighted by molar-refractivity contribution is 0.525. The summed E-state index contributed by atoms with van der Waals surface area (Å²) in [6.45, 7) is 3.80. The first-order chi connectivity index (χ1) is 9.01. The van der Waals surface area contributed by atoms with Crippen molar-refractivity contribution in [3.8, 4) is 0 Å². The zero-order chi connectivity index (χ0) is 14.0. The van der Waals surface area contributed by atoms with Crippen molar-refractivity contribution < 1.29 is 8.78 Å². The second-order valence-corrected chi connectivity index (χ2v) is 5.58. The second kappa shape index (κ2) is 5.73. The molecular formula is C13H15F2N3S. The summed E-state index contributed by atoms with van der Waals surface area (Å²) < 4.78 is 26.5. The molecular weight excluding hydrogens is 268 g/mol. The number of hydrogen-bond acceptors (Lipinski definition) is 4. The van der Waals surface area contributed by atoms with Crippen LogP contribution in [-0.4, -0.2) is 4.98 Å². The highest BCUT2D eigenvalue weighted by atomic mass is 32.1. The Morgan fingerprint density at radius 2 is 2.11 bits per heavy atom. The van der Waals surface area contributed by atoms with E-state index in [9.17, 15) is 8.78 Å². The number of hydrazine groups is 1. The molecule has 0 saturated carbocycles. The molecule has 2 aromatic rings. The molecule has 0 amide bonds. The van der Waals surface area contributed by atoms with Gasteiger partial charge in [0.25, 0.3) is 0 Å². The average molecular weight is 283 g/mol. The first-order valence-electron chi connectivity index (χ1n) is 5.85. The molecule has 1 aromatic heterocycles. The molecule has 0 radical (unpaired) electrons. The second-order valence-electron chi connectivity index (χ2n) is 4.34. The van der Waals surface area contributed by atoms with Gasteiger partial charge >= 0.3 is 0 Å². The highest BCUT2D eigenvalue weighted by Crippen LogP contribution is 2.27. The van der Waals surface area contributed by atoms with Crippen LogP contribution in [-0.2, 0) is 6.42 Å². The van der Waals surface area contributed by atoms with Crippen LogP contribution in [0.15, 0.2) is 18.2 Å². The SMILES string of the molecule is Cc1nc(C)c(C(Cc2ccc(F)cc2F)NN)s1. The number of nitrogens with one attached hydrogen (secondary N) is 1. The predicted octanol–water partition coefficient (Wildman–Crippen LogP) is 2.79. The zero-order valence-electron chi connectivity index (χ0n) is 10.7. The normalized spacial score (nSPS) is 12.7. The third-order valence-electron chi connectivity index (χ3n) is 2.90. The van der Waals surface area contributed by atoms with E-state index in [1.165, 1.54) is 23.5 Å². The van der Waals surface area contributed by atoms with Gasteiger partial charge in [-0.25, -0.2) is 13.8 Å². The quantitative estimate of drug-likeness (QED) is 0.670. The van der Waals surface area contributed by atoms with Crippen LogP contribution in [0.25, 0.3) is 0 Å². The van der Waals surface area contributed by atoms with Gasteiger partial charge in [0.1, 0.15) is 11.6 Å². The standard InChI is InChI=1S/C13H15F2N3S/c1-7-13(19-8(2)17-7)12(18-16)5-9-3-4-10(14)6-11(9)15/h3-4,6,12,18H,5,16H2,1-2H3. The molecule has 1 unspecified atom stereocenters. The number of thiazole rings is 1. The van der Waals surface area contributed by atoms with E-state index >= 15 is 0 Å². The number of aromatic nitrogens is 1. The molecule has 1 heterocycles. The van der Waals surface area contributed by atoms with Crippen LogP contribution < -0.4 is 11.3 Å². The number of rotatable bonds is 4. The van der Waals surface area contributed by atoms with Gasteiger partial charge in [-0.1, -0.05) is 6.07 Å². The monoisotopic (exact) mass is 283 g/mol. The van der Waals surface area contributed by atoms with Gasteiger partial charge in [0, 0.05) is 10.9 Å². The largest absolute Gasteiger partial charge is 0.271 e. The molecule has 0 bridgehead atoms. The van der Waals surface area contributed by atoms with Crippen molar-refractivity contribution >= 4 is 11.3 Å². The molecule has 0 aliphatic rings. The van der Waals surface area contributed by atoms with Crippen LogP contribution in [0, 0.1) is 25.5 Å². The van der Waals surface area contributed by atoms with Gasteiger partial charge in [0.2, 0.25) is 0 Å². The first kappa shape index (κ1) is 14.0. The Bertz CT molecular complexity index is 583. The smallest absolute Gasteiger partial charge is 0.129 e. The molecule has 2 rings (SSSR count). The Hall–Kier alpha value is -1.37. The van der Waals surface area contributed by atoms with Crippen molar-refractivity contribution in [3.63, 3.8) is 0 Å². The van der Waals surface area contributed by atoms with Gasteiger partial charge in [-0.05, 0) is 31.9 Å². The summed E-state index contributed by atoms with van der Waals surface area (Å²) in [7, 11) is 0. The van der Waals surface area contributed by atoms with Crippen LogP contribution in [0.4, 0.5) is 8.78 Å². The Labute approximate surface area is 114 Å². The maximum atomic E-state index is 13.6. The van der Waals surface area contributed by atoms with E-state index in [-0.39, 0.29) is 6.04 Å². The maximum Gasteiger partial charge on any atom is 0.129 e. The van der Waals surface area contributed by atoms with E-state index < -0.39 is 11.6 Å². The Morgan fingerprint density at radius 3 is 2.63 bits per heavy atom. The average Bonchev–Trinajstić information content (AvgIpc) is 2.68. The highest BCUT2D eigenvalue weighted by molar-refractivity contribution is 7.11. The Morgan fingerprint density at radius 1 is 1.37 bits per heavy atom. The summed E-state index contributed by atoms with van der Waals surface area (Å²) >= 11 is 1.53. The van der Waals surface area contributed by atoms with E-state index in [4.69, 9.17) is 5.84 Å². The number of nitrogens with zero attached hydrogens (tertiary/aromatic N) is 1. The predicted molar refractivity (Wildman–Crippen MR) is 71.7 cm³/mol. The van der Waals surface area contributed by atoms with Crippen molar-refractivity contribution in [1.82, 2.24) is 10.4 Å². The maximum absolute atomic E-state index is 13.6. The summed E-state index contributed by atoms with van der Waals surface area (Å²) in [5, 5.41) is 0.937. The molecule has 19 heavy (non-hydrogen) atoms. The summed E-state index contributed by atoms with van der Waals surface area (Å²) in [6, 6.07) is 3.34. The third kappa shape index (κ3) is 3.15. The number of nitrogens with two attached hydrogens (primary N) is 1. The van der Waals surface area contributed by atoms with Crippen LogP contribution in [0.3, 0.4) is 0 Å². The van der Waals surface area contributed by atoms with Gasteiger partial charge in [0.15, 0.2) is 0 Å². The molecule has 0 spiro atoms. The fourth-order valence-corrected chi connectivity index (χ4v) is 2.99. The molecule has 0 saturated heterocycles. The van der Waals surface area contributed by atoms with Gasteiger partial charge < -0.3 is 0 Å². The van der Waals surface area contributed by atoms with E-state index in [1.54, 1.807) is 0 Å². The summed E-state index contributed by atoms with van der Waals surface area (Å²) in [5.41, 5.74) is 3.98. The van der Waals surface area contributed by atoms with E-state index in [0.29, 0.717) is 12.0 Å². The number of halogens is 2. The van der Waals surface area contributed by atoms with Crippen molar-refractivity contribution in [2.45, 2.75) is 26.3 Å². The van der Waals surface area contributed by atoms with E-state index in [2.05, 4.69) is 10.4 Å². The topological polar surface area (TPSA) is 50.9 Å². The molecule has 1 aromatic carbocycles.